The SMILES string of the molecule is Cn1cc(-c2ccc(N(C(=O)NCc3ccc(OCCCCO[Si](C)(C)C(C)(C)C)cc3)C3CCCCC3)cc2)ccc1=O. The molecule has 0 unspecified atom stereocenters. The summed E-state index contributed by atoms with van der Waals surface area (Å²) in [6.07, 6.45) is 9.28. The van der Waals surface area contributed by atoms with Crippen molar-refractivity contribution >= 4 is 20.0 Å². The van der Waals surface area contributed by atoms with E-state index in [0.29, 0.717) is 13.2 Å². The fraction of sp³-hybridized carbons (Fsp3) is 0.500. The van der Waals surface area contributed by atoms with Crippen molar-refractivity contribution in [1.29, 1.82) is 0 Å². The average molecular weight is 618 g/mol. The first-order chi connectivity index (χ1) is 20.9. The number of nitrogens with zero attached hydrogens (tertiary/aromatic N) is 2. The molecular weight excluding hydrogens is 566 g/mol. The maximum Gasteiger partial charge on any atom is 0.322 e. The summed E-state index contributed by atoms with van der Waals surface area (Å²) in [7, 11) is 0.0642. The van der Waals surface area contributed by atoms with Crippen molar-refractivity contribution in [2.45, 2.75) is 96.4 Å². The van der Waals surface area contributed by atoms with Crippen LogP contribution < -0.4 is 20.5 Å². The predicted octanol–water partition coefficient (Wildman–Crippen LogP) is 8.28. The lowest BCUT2D eigenvalue weighted by atomic mass is 9.93. The normalized spacial score (nSPS) is 14.3. The third-order valence-corrected chi connectivity index (χ3v) is 13.7. The zero-order valence-corrected chi connectivity index (χ0v) is 28.5. The standard InChI is InChI=1S/C36H51N3O4Si/c1-36(2,3)44(5,6)43-25-11-10-24-42-33-21-14-28(15-22-33)26-37-35(41)39(31-12-8-7-9-13-31)32-19-16-29(17-20-32)30-18-23-34(40)38(4)27-30/h14-23,27,31H,7-13,24-26H2,1-6H3,(H,37,41). The molecule has 0 spiro atoms. The molecule has 1 saturated carbocycles. The lowest BCUT2D eigenvalue weighted by Gasteiger charge is -2.36. The van der Waals surface area contributed by atoms with Crippen LogP contribution in [0.4, 0.5) is 10.5 Å². The lowest BCUT2D eigenvalue weighted by molar-refractivity contribution is 0.241. The van der Waals surface area contributed by atoms with Crippen LogP contribution >= 0.6 is 0 Å². The largest absolute Gasteiger partial charge is 0.494 e. The van der Waals surface area contributed by atoms with Crippen molar-refractivity contribution in [1.82, 2.24) is 9.88 Å². The third-order valence-electron chi connectivity index (χ3n) is 9.17. The Morgan fingerprint density at radius 1 is 0.909 bits per heavy atom. The zero-order chi connectivity index (χ0) is 31.7. The quantitative estimate of drug-likeness (QED) is 0.164. The van der Waals surface area contributed by atoms with Crippen molar-refractivity contribution in [2.24, 2.45) is 7.05 Å². The van der Waals surface area contributed by atoms with E-state index in [1.54, 1.807) is 17.7 Å². The van der Waals surface area contributed by atoms with Gasteiger partial charge in [0, 0.05) is 44.2 Å². The summed E-state index contributed by atoms with van der Waals surface area (Å²) in [5.74, 6) is 0.841. The summed E-state index contributed by atoms with van der Waals surface area (Å²) in [5.41, 5.74) is 3.86. The number of urea groups is 1. The molecule has 0 atom stereocenters. The van der Waals surface area contributed by atoms with Gasteiger partial charge in [-0.1, -0.05) is 64.3 Å². The van der Waals surface area contributed by atoms with Crippen molar-refractivity contribution in [3.05, 3.63) is 82.8 Å². The Kier molecular flexibility index (Phi) is 11.5. The van der Waals surface area contributed by atoms with Crippen LogP contribution in [0.3, 0.4) is 0 Å². The second-order valence-electron chi connectivity index (χ2n) is 13.5. The topological polar surface area (TPSA) is 72.8 Å². The molecule has 0 saturated heterocycles. The number of ether oxygens (including phenoxy) is 1. The first kappa shape index (κ1) is 33.5. The minimum atomic E-state index is -1.69. The molecule has 2 aromatic carbocycles. The second kappa shape index (κ2) is 15.1. The number of pyridine rings is 1. The molecule has 1 aliphatic carbocycles. The number of carbonyl (C=O) groups excluding carboxylic acids is 1. The van der Waals surface area contributed by atoms with Crippen molar-refractivity contribution in [3.63, 3.8) is 0 Å². The van der Waals surface area contributed by atoms with Gasteiger partial charge in [0.15, 0.2) is 8.32 Å². The fourth-order valence-corrected chi connectivity index (χ4v) is 6.40. The van der Waals surface area contributed by atoms with Crippen LogP contribution in [0, 0.1) is 0 Å². The molecular formula is C36H51N3O4Si. The molecule has 1 fully saturated rings. The second-order valence-corrected chi connectivity index (χ2v) is 18.4. The molecule has 0 radical (unpaired) electrons. The Balaban J connectivity index is 1.30. The monoisotopic (exact) mass is 617 g/mol. The highest BCUT2D eigenvalue weighted by atomic mass is 28.4. The van der Waals surface area contributed by atoms with Crippen LogP contribution in [0.2, 0.25) is 18.1 Å². The number of hydrogen-bond acceptors (Lipinski definition) is 4. The summed E-state index contributed by atoms with van der Waals surface area (Å²) in [5, 5.41) is 3.39. The number of benzene rings is 2. The van der Waals surface area contributed by atoms with Gasteiger partial charge in [-0.3, -0.25) is 9.69 Å². The maximum absolute atomic E-state index is 13.6. The maximum atomic E-state index is 13.6. The van der Waals surface area contributed by atoms with Crippen LogP contribution in [0.1, 0.15) is 71.3 Å². The van der Waals surface area contributed by atoms with E-state index in [-0.39, 0.29) is 22.7 Å². The predicted molar refractivity (Wildman–Crippen MR) is 183 cm³/mol. The van der Waals surface area contributed by atoms with Crippen molar-refractivity contribution in [2.75, 3.05) is 18.1 Å². The number of carbonyl (C=O) groups is 1. The summed E-state index contributed by atoms with van der Waals surface area (Å²) >= 11 is 0. The molecule has 1 aromatic heterocycles. The van der Waals surface area contributed by atoms with Gasteiger partial charge in [0.2, 0.25) is 5.56 Å². The van der Waals surface area contributed by atoms with Crippen molar-refractivity contribution in [3.8, 4) is 16.9 Å². The number of amides is 2. The summed E-state index contributed by atoms with van der Waals surface area (Å²) in [4.78, 5) is 27.4. The lowest BCUT2D eigenvalue weighted by Crippen LogP contribution is -2.47. The molecule has 7 nitrogen and oxygen atoms in total. The molecule has 238 valence electrons. The number of aryl methyl sites for hydroxylation is 1. The van der Waals surface area contributed by atoms with E-state index in [4.69, 9.17) is 9.16 Å². The van der Waals surface area contributed by atoms with Gasteiger partial charge < -0.3 is 19.0 Å². The Morgan fingerprint density at radius 2 is 1.55 bits per heavy atom. The summed E-state index contributed by atoms with van der Waals surface area (Å²) in [6.45, 7) is 13.3. The zero-order valence-electron chi connectivity index (χ0n) is 27.5. The van der Waals surface area contributed by atoms with E-state index in [1.165, 1.54) is 6.42 Å². The molecule has 2 amide bonds. The van der Waals surface area contributed by atoms with Crippen molar-refractivity contribution < 1.29 is 14.0 Å². The average Bonchev–Trinajstić information content (AvgIpc) is 3.00. The molecule has 1 aliphatic rings. The highest BCUT2D eigenvalue weighted by Crippen LogP contribution is 2.36. The van der Waals surface area contributed by atoms with E-state index in [2.05, 4.69) is 39.2 Å². The molecule has 1 heterocycles. The van der Waals surface area contributed by atoms with Gasteiger partial charge >= 0.3 is 6.03 Å². The fourth-order valence-electron chi connectivity index (χ4n) is 5.32. The van der Waals surface area contributed by atoms with E-state index < -0.39 is 8.32 Å². The highest BCUT2D eigenvalue weighted by molar-refractivity contribution is 6.74. The van der Waals surface area contributed by atoms with Crippen LogP contribution in [0.25, 0.3) is 11.1 Å². The van der Waals surface area contributed by atoms with Gasteiger partial charge in [0.05, 0.1) is 6.61 Å². The van der Waals surface area contributed by atoms with Crippen LogP contribution in [-0.2, 0) is 18.0 Å². The molecule has 44 heavy (non-hydrogen) atoms. The Hall–Kier alpha value is -3.36. The highest BCUT2D eigenvalue weighted by Gasteiger charge is 2.36. The molecule has 0 bridgehead atoms. The van der Waals surface area contributed by atoms with Gasteiger partial charge in [-0.15, -0.1) is 0 Å². The number of nitrogens with one attached hydrogen (secondary N) is 1. The van der Waals surface area contributed by atoms with Gasteiger partial charge in [0.1, 0.15) is 5.75 Å². The van der Waals surface area contributed by atoms with Gasteiger partial charge in [0.25, 0.3) is 0 Å². The first-order valence-electron chi connectivity index (χ1n) is 16.1. The summed E-state index contributed by atoms with van der Waals surface area (Å²) in [6, 6.07) is 19.6. The van der Waals surface area contributed by atoms with E-state index in [9.17, 15) is 9.59 Å². The number of rotatable bonds is 12. The summed E-state index contributed by atoms with van der Waals surface area (Å²) < 4.78 is 13.8. The van der Waals surface area contributed by atoms with E-state index in [1.807, 2.05) is 65.7 Å². The van der Waals surface area contributed by atoms with Gasteiger partial charge in [-0.25, -0.2) is 4.79 Å². The first-order valence-corrected chi connectivity index (χ1v) is 19.1. The van der Waals surface area contributed by atoms with Crippen LogP contribution in [0.5, 0.6) is 5.75 Å². The number of unbranched alkanes of at least 4 members (excludes halogenated alkanes) is 1. The van der Waals surface area contributed by atoms with Gasteiger partial charge in [-0.05, 0) is 90.8 Å². The molecule has 0 aliphatic heterocycles. The van der Waals surface area contributed by atoms with Gasteiger partial charge in [-0.2, -0.15) is 0 Å². The Bertz CT molecular complexity index is 1410. The third kappa shape index (κ3) is 9.08. The molecule has 3 aromatic rings. The van der Waals surface area contributed by atoms with E-state index in [0.717, 1.165) is 73.3 Å². The Morgan fingerprint density at radius 3 is 2.18 bits per heavy atom. The molecule has 1 N–H and O–H groups in total. The Labute approximate surface area is 264 Å². The minimum Gasteiger partial charge on any atom is -0.494 e. The number of aromatic nitrogens is 1. The smallest absolute Gasteiger partial charge is 0.322 e. The van der Waals surface area contributed by atoms with Crippen LogP contribution in [-0.4, -0.2) is 38.2 Å². The molecule has 4 rings (SSSR count). The minimum absolute atomic E-state index is 0.0360. The number of anilines is 1. The molecule has 8 heteroatoms. The number of hydrogen-bond donors (Lipinski definition) is 1. The van der Waals surface area contributed by atoms with Crippen LogP contribution in [0.15, 0.2) is 71.7 Å². The van der Waals surface area contributed by atoms with E-state index >= 15 is 0 Å².